The number of carbonyl (C=O) groups excluding carboxylic acids is 1. The first-order chi connectivity index (χ1) is 15.5. The number of halogens is 1. The van der Waals surface area contributed by atoms with E-state index in [1.807, 2.05) is 29.2 Å². The number of hydrogen-bond acceptors (Lipinski definition) is 6. The fourth-order valence-electron chi connectivity index (χ4n) is 3.80. The number of aryl methyl sites for hydroxylation is 2. The molecule has 1 fully saturated rings. The van der Waals surface area contributed by atoms with Crippen molar-refractivity contribution < 1.29 is 13.7 Å². The minimum Gasteiger partial charge on any atom is -0.370 e. The second kappa shape index (κ2) is 9.60. The molecule has 2 aromatic carbocycles. The average molecular weight is 433 g/mol. The lowest BCUT2D eigenvalue weighted by Gasteiger charge is -2.23. The van der Waals surface area contributed by atoms with Crippen LogP contribution in [0.3, 0.4) is 0 Å². The summed E-state index contributed by atoms with van der Waals surface area (Å²) in [5.74, 6) is 0.565. The summed E-state index contributed by atoms with van der Waals surface area (Å²) in [5.41, 5.74) is 2.90. The molecule has 164 valence electrons. The van der Waals surface area contributed by atoms with Gasteiger partial charge in [-0.2, -0.15) is 10.2 Å². The predicted octanol–water partition coefficient (Wildman–Crippen LogP) is 3.73. The van der Waals surface area contributed by atoms with Crippen molar-refractivity contribution >= 4 is 11.6 Å². The van der Waals surface area contributed by atoms with Crippen molar-refractivity contribution in [2.75, 3.05) is 31.1 Å². The van der Waals surface area contributed by atoms with E-state index in [1.54, 1.807) is 19.1 Å². The molecule has 0 radical (unpaired) electrons. The maximum atomic E-state index is 13.5. The molecule has 0 atom stereocenters. The highest BCUT2D eigenvalue weighted by Crippen LogP contribution is 2.20. The van der Waals surface area contributed by atoms with Crippen LogP contribution in [0, 0.1) is 24.1 Å². The zero-order valence-electron chi connectivity index (χ0n) is 17.9. The number of carbonyl (C=O) groups is 1. The molecule has 0 aliphatic carbocycles. The molecule has 7 nitrogen and oxygen atoms in total. The van der Waals surface area contributed by atoms with Crippen molar-refractivity contribution in [3.8, 4) is 17.5 Å². The van der Waals surface area contributed by atoms with Crippen molar-refractivity contribution in [3.05, 3.63) is 65.3 Å². The Hall–Kier alpha value is -3.73. The van der Waals surface area contributed by atoms with Crippen LogP contribution in [0.1, 0.15) is 29.9 Å². The van der Waals surface area contributed by atoms with Gasteiger partial charge in [0.25, 0.3) is 0 Å². The Kier molecular flexibility index (Phi) is 6.45. The third-order valence-electron chi connectivity index (χ3n) is 5.65. The number of rotatable bonds is 5. The molecule has 1 amide bonds. The zero-order valence-corrected chi connectivity index (χ0v) is 17.9. The van der Waals surface area contributed by atoms with E-state index in [4.69, 9.17) is 9.78 Å². The maximum absolute atomic E-state index is 13.5. The highest BCUT2D eigenvalue weighted by molar-refractivity contribution is 5.76. The Morgan fingerprint density at radius 2 is 1.97 bits per heavy atom. The molecule has 0 N–H and O–H groups in total. The number of hydrogen-bond donors (Lipinski definition) is 0. The summed E-state index contributed by atoms with van der Waals surface area (Å²) in [6.07, 6.45) is 1.53. The van der Waals surface area contributed by atoms with Crippen molar-refractivity contribution in [1.29, 1.82) is 5.26 Å². The number of anilines is 1. The Balaban J connectivity index is 1.31. The SMILES string of the molecule is Cc1cc(-c2noc(CCC(=O)N3CCCN(c4ccc(C#N)cc4)CC3)n2)ccc1F. The quantitative estimate of drug-likeness (QED) is 0.610. The minimum atomic E-state index is -0.279. The molecule has 1 aromatic heterocycles. The monoisotopic (exact) mass is 433 g/mol. The van der Waals surface area contributed by atoms with E-state index in [9.17, 15) is 9.18 Å². The standard InChI is InChI=1S/C24H24FN5O2/c1-17-15-19(5-8-21(17)25)24-27-22(32-28-24)9-10-23(31)30-12-2-11-29(13-14-30)20-6-3-18(16-26)4-7-20/h3-8,15H,2,9-14H2,1H3. The minimum absolute atomic E-state index is 0.0593. The Labute approximate surface area is 186 Å². The molecule has 0 spiro atoms. The maximum Gasteiger partial charge on any atom is 0.227 e. The number of amides is 1. The summed E-state index contributed by atoms with van der Waals surface area (Å²) in [5, 5.41) is 12.9. The van der Waals surface area contributed by atoms with Crippen molar-refractivity contribution in [2.45, 2.75) is 26.2 Å². The second-order valence-corrected chi connectivity index (χ2v) is 7.86. The Morgan fingerprint density at radius 3 is 2.72 bits per heavy atom. The molecule has 0 saturated carbocycles. The first kappa shape index (κ1) is 21.5. The van der Waals surface area contributed by atoms with E-state index in [0.29, 0.717) is 54.3 Å². The van der Waals surface area contributed by atoms with Gasteiger partial charge in [-0.1, -0.05) is 5.16 Å². The molecule has 1 aliphatic rings. The van der Waals surface area contributed by atoms with Crippen LogP contribution in [0.4, 0.5) is 10.1 Å². The topological polar surface area (TPSA) is 86.3 Å². The lowest BCUT2D eigenvalue weighted by molar-refractivity contribution is -0.131. The number of nitriles is 1. The van der Waals surface area contributed by atoms with E-state index in [-0.39, 0.29) is 11.7 Å². The molecule has 32 heavy (non-hydrogen) atoms. The third-order valence-corrected chi connectivity index (χ3v) is 5.65. The van der Waals surface area contributed by atoms with Crippen LogP contribution >= 0.6 is 0 Å². The normalized spacial score (nSPS) is 14.2. The summed E-state index contributed by atoms with van der Waals surface area (Å²) in [4.78, 5) is 21.2. The second-order valence-electron chi connectivity index (χ2n) is 7.86. The zero-order chi connectivity index (χ0) is 22.5. The number of nitrogens with zero attached hydrogens (tertiary/aromatic N) is 5. The molecule has 2 heterocycles. The lowest BCUT2D eigenvalue weighted by atomic mass is 10.1. The van der Waals surface area contributed by atoms with Crippen LogP contribution in [-0.4, -0.2) is 47.1 Å². The fourth-order valence-corrected chi connectivity index (χ4v) is 3.80. The molecule has 1 saturated heterocycles. The van der Waals surface area contributed by atoms with Crippen LogP contribution < -0.4 is 4.90 Å². The van der Waals surface area contributed by atoms with Crippen LogP contribution in [0.5, 0.6) is 0 Å². The van der Waals surface area contributed by atoms with E-state index in [0.717, 1.165) is 25.2 Å². The van der Waals surface area contributed by atoms with Crippen molar-refractivity contribution in [2.24, 2.45) is 0 Å². The first-order valence-electron chi connectivity index (χ1n) is 10.7. The highest BCUT2D eigenvalue weighted by atomic mass is 19.1. The average Bonchev–Trinajstić information content (AvgIpc) is 3.15. The van der Waals surface area contributed by atoms with Gasteiger partial charge < -0.3 is 14.3 Å². The Morgan fingerprint density at radius 1 is 1.16 bits per heavy atom. The van der Waals surface area contributed by atoms with Gasteiger partial charge in [-0.25, -0.2) is 4.39 Å². The summed E-state index contributed by atoms with van der Waals surface area (Å²) < 4.78 is 18.8. The van der Waals surface area contributed by atoms with E-state index in [2.05, 4.69) is 21.1 Å². The van der Waals surface area contributed by atoms with Crippen LogP contribution in [0.15, 0.2) is 47.0 Å². The molecule has 1 aliphatic heterocycles. The van der Waals surface area contributed by atoms with Gasteiger partial charge in [0.05, 0.1) is 11.6 Å². The summed E-state index contributed by atoms with van der Waals surface area (Å²) in [6, 6.07) is 14.3. The molecule has 8 heteroatoms. The van der Waals surface area contributed by atoms with E-state index in [1.165, 1.54) is 6.07 Å². The van der Waals surface area contributed by atoms with Gasteiger partial charge in [-0.15, -0.1) is 0 Å². The number of benzene rings is 2. The largest absolute Gasteiger partial charge is 0.370 e. The van der Waals surface area contributed by atoms with Gasteiger partial charge >= 0.3 is 0 Å². The van der Waals surface area contributed by atoms with Crippen LogP contribution in [0.25, 0.3) is 11.4 Å². The number of aromatic nitrogens is 2. The van der Waals surface area contributed by atoms with Gasteiger partial charge in [0.1, 0.15) is 5.82 Å². The molecular weight excluding hydrogens is 409 g/mol. The molecule has 4 rings (SSSR count). The summed E-state index contributed by atoms with van der Waals surface area (Å²) in [7, 11) is 0. The fraction of sp³-hybridized carbons (Fsp3) is 0.333. The van der Waals surface area contributed by atoms with Gasteiger partial charge in [0.15, 0.2) is 0 Å². The molecule has 0 unspecified atom stereocenters. The van der Waals surface area contributed by atoms with Crippen LogP contribution in [-0.2, 0) is 11.2 Å². The molecule has 0 bridgehead atoms. The smallest absolute Gasteiger partial charge is 0.227 e. The highest BCUT2D eigenvalue weighted by Gasteiger charge is 2.20. The van der Waals surface area contributed by atoms with E-state index >= 15 is 0 Å². The molecule has 3 aromatic rings. The van der Waals surface area contributed by atoms with E-state index < -0.39 is 0 Å². The predicted molar refractivity (Wildman–Crippen MR) is 117 cm³/mol. The van der Waals surface area contributed by atoms with Crippen molar-refractivity contribution in [1.82, 2.24) is 15.0 Å². The Bertz CT molecular complexity index is 1140. The summed E-state index contributed by atoms with van der Waals surface area (Å²) >= 11 is 0. The van der Waals surface area contributed by atoms with Crippen LogP contribution in [0.2, 0.25) is 0 Å². The van der Waals surface area contributed by atoms with Gasteiger partial charge in [0.2, 0.25) is 17.6 Å². The lowest BCUT2D eigenvalue weighted by Crippen LogP contribution is -2.35. The van der Waals surface area contributed by atoms with Gasteiger partial charge in [-0.3, -0.25) is 4.79 Å². The van der Waals surface area contributed by atoms with Gasteiger partial charge in [0, 0.05) is 50.3 Å². The summed E-state index contributed by atoms with van der Waals surface area (Å²) in [6.45, 7) is 4.63. The first-order valence-corrected chi connectivity index (χ1v) is 10.7. The third kappa shape index (κ3) is 4.94. The van der Waals surface area contributed by atoms with Gasteiger partial charge in [-0.05, 0) is 61.4 Å². The van der Waals surface area contributed by atoms with Crippen molar-refractivity contribution in [3.63, 3.8) is 0 Å². The molecular formula is C24H24FN5O2.